The summed E-state index contributed by atoms with van der Waals surface area (Å²) in [5.74, 6) is 0. The zero-order chi connectivity index (χ0) is 45.6. The first-order chi connectivity index (χ1) is 33.4. The molecule has 324 valence electrons. The van der Waals surface area contributed by atoms with Crippen LogP contribution in [0.2, 0.25) is 0 Å². The van der Waals surface area contributed by atoms with Crippen LogP contribution in [0.15, 0.2) is 231 Å². The summed E-state index contributed by atoms with van der Waals surface area (Å²) in [4.78, 5) is 2.59. The monoisotopic (exact) mass is 869 g/mol. The molecule has 0 aliphatic heterocycles. The fraction of sp³-hybridized carbons (Fsp3) is 0.104. The maximum absolute atomic E-state index is 2.59. The van der Waals surface area contributed by atoms with Gasteiger partial charge in [0, 0.05) is 22.4 Å². The maximum atomic E-state index is 2.59. The summed E-state index contributed by atoms with van der Waals surface area (Å²) >= 11 is 0. The molecule has 10 aromatic carbocycles. The summed E-state index contributed by atoms with van der Waals surface area (Å²) < 4.78 is 0. The fourth-order valence-corrected chi connectivity index (χ4v) is 12.4. The van der Waals surface area contributed by atoms with Crippen molar-refractivity contribution >= 4 is 17.1 Å². The molecule has 0 radical (unpaired) electrons. The lowest BCUT2D eigenvalue weighted by Gasteiger charge is -2.36. The van der Waals surface area contributed by atoms with E-state index in [9.17, 15) is 0 Å². The highest BCUT2D eigenvalue weighted by Gasteiger charge is 2.49. The molecule has 0 unspecified atom stereocenters. The summed E-state index contributed by atoms with van der Waals surface area (Å²) in [5.41, 5.74) is 27.6. The average molecular weight is 870 g/mol. The number of nitrogens with zero attached hydrogens (tertiary/aromatic N) is 1. The van der Waals surface area contributed by atoms with Gasteiger partial charge in [-0.15, -0.1) is 0 Å². The van der Waals surface area contributed by atoms with Crippen molar-refractivity contribution in [3.63, 3.8) is 0 Å². The minimum atomic E-state index is -0.494. The van der Waals surface area contributed by atoms with E-state index in [1.54, 1.807) is 0 Å². The Morgan fingerprint density at radius 1 is 0.324 bits per heavy atom. The first-order valence-corrected chi connectivity index (χ1v) is 24.2. The molecule has 0 N–H and O–H groups in total. The Kier molecular flexibility index (Phi) is 9.21. The molecule has 0 bridgehead atoms. The first kappa shape index (κ1) is 40.3. The Morgan fingerprint density at radius 2 is 0.765 bits per heavy atom. The summed E-state index contributed by atoms with van der Waals surface area (Å²) in [6, 6.07) is 86.9. The van der Waals surface area contributed by atoms with Crippen molar-refractivity contribution in [1.29, 1.82) is 0 Å². The summed E-state index contributed by atoms with van der Waals surface area (Å²) in [5, 5.41) is 0. The molecular formula is C67H51N. The topological polar surface area (TPSA) is 3.24 Å². The summed E-state index contributed by atoms with van der Waals surface area (Å²) in [6.07, 6.45) is 2.01. The highest BCUT2D eigenvalue weighted by molar-refractivity contribution is 5.96. The standard InChI is InChI=1S/C67H51N/c1-44-40-51(47-32-30-46(31-33-47)45-18-6-4-7-19-45)41-58(48-20-8-5-9-21-48)65(44)68(52-36-38-56-54-24-12-16-28-61(54)66(2,3)63(56)42-52)53-37-39-57-55-25-13-17-29-62(55)67(64(57)43-53)59-26-14-10-22-49(59)34-35-50-23-11-15-27-60(50)67/h4-33,36-43H,34-35H2,1-3H3. The molecule has 0 amide bonds. The number of benzene rings is 10. The van der Waals surface area contributed by atoms with Crippen molar-refractivity contribution in [3.8, 4) is 55.6 Å². The molecule has 10 aromatic rings. The molecule has 68 heavy (non-hydrogen) atoms. The number of aryl methyl sites for hydroxylation is 3. The zero-order valence-electron chi connectivity index (χ0n) is 38.8. The van der Waals surface area contributed by atoms with E-state index in [0.717, 1.165) is 24.2 Å². The lowest BCUT2D eigenvalue weighted by Crippen LogP contribution is -2.30. The molecule has 1 nitrogen and oxygen atoms in total. The van der Waals surface area contributed by atoms with Crippen LogP contribution in [0.3, 0.4) is 0 Å². The van der Waals surface area contributed by atoms with Gasteiger partial charge in [0.2, 0.25) is 0 Å². The smallest absolute Gasteiger partial charge is 0.0719 e. The summed E-state index contributed by atoms with van der Waals surface area (Å²) in [7, 11) is 0. The Bertz CT molecular complexity index is 3550. The third kappa shape index (κ3) is 6.01. The molecule has 0 saturated carbocycles. The van der Waals surface area contributed by atoms with Gasteiger partial charge in [-0.25, -0.2) is 0 Å². The largest absolute Gasteiger partial charge is 0.310 e. The molecule has 0 saturated heterocycles. The van der Waals surface area contributed by atoms with Gasteiger partial charge in [-0.1, -0.05) is 208 Å². The van der Waals surface area contributed by atoms with E-state index in [-0.39, 0.29) is 5.41 Å². The SMILES string of the molecule is Cc1cc(-c2ccc(-c3ccccc3)cc2)cc(-c2ccccc2)c1N(c1ccc2c(c1)C(C)(C)c1ccccc1-2)c1ccc2c(c1)C1(c3ccccc3CCc3ccccc31)c1ccccc1-2. The van der Waals surface area contributed by atoms with Crippen LogP contribution in [-0.4, -0.2) is 0 Å². The van der Waals surface area contributed by atoms with Crippen LogP contribution < -0.4 is 4.90 Å². The van der Waals surface area contributed by atoms with E-state index in [2.05, 4.69) is 256 Å². The number of anilines is 3. The Labute approximate surface area is 400 Å². The molecule has 3 aliphatic carbocycles. The van der Waals surface area contributed by atoms with Gasteiger partial charge in [-0.3, -0.25) is 0 Å². The van der Waals surface area contributed by atoms with E-state index >= 15 is 0 Å². The van der Waals surface area contributed by atoms with Crippen LogP contribution in [-0.2, 0) is 23.7 Å². The zero-order valence-corrected chi connectivity index (χ0v) is 38.8. The highest BCUT2D eigenvalue weighted by atomic mass is 15.1. The van der Waals surface area contributed by atoms with Gasteiger partial charge in [0.1, 0.15) is 0 Å². The Balaban J connectivity index is 1.08. The van der Waals surface area contributed by atoms with Crippen LogP contribution in [0.25, 0.3) is 55.6 Å². The van der Waals surface area contributed by atoms with Crippen LogP contribution in [0.4, 0.5) is 17.1 Å². The first-order valence-electron chi connectivity index (χ1n) is 24.2. The molecule has 0 aromatic heterocycles. The van der Waals surface area contributed by atoms with Crippen molar-refractivity contribution in [2.75, 3.05) is 4.90 Å². The second-order valence-electron chi connectivity index (χ2n) is 19.6. The molecule has 3 aliphatic rings. The second kappa shape index (κ2) is 15.5. The van der Waals surface area contributed by atoms with Gasteiger partial charge >= 0.3 is 0 Å². The van der Waals surface area contributed by atoms with E-state index in [4.69, 9.17) is 0 Å². The number of fused-ring (bicyclic) bond motifs is 12. The van der Waals surface area contributed by atoms with Gasteiger partial charge in [0.25, 0.3) is 0 Å². The molecule has 1 heteroatoms. The predicted octanol–water partition coefficient (Wildman–Crippen LogP) is 17.2. The van der Waals surface area contributed by atoms with E-state index in [0.29, 0.717) is 0 Å². The predicted molar refractivity (Wildman–Crippen MR) is 284 cm³/mol. The van der Waals surface area contributed by atoms with Gasteiger partial charge in [0.15, 0.2) is 0 Å². The fourth-order valence-electron chi connectivity index (χ4n) is 12.4. The Morgan fingerprint density at radius 3 is 1.38 bits per heavy atom. The molecule has 0 atom stereocenters. The number of hydrogen-bond acceptors (Lipinski definition) is 1. The molecule has 1 spiro atoms. The van der Waals surface area contributed by atoms with Gasteiger partial charge in [-0.2, -0.15) is 0 Å². The molecular weight excluding hydrogens is 819 g/mol. The summed E-state index contributed by atoms with van der Waals surface area (Å²) in [6.45, 7) is 7.09. The maximum Gasteiger partial charge on any atom is 0.0719 e. The lowest BCUT2D eigenvalue weighted by atomic mass is 9.66. The molecule has 0 fully saturated rings. The minimum Gasteiger partial charge on any atom is -0.310 e. The van der Waals surface area contributed by atoms with Crippen LogP contribution in [0.5, 0.6) is 0 Å². The van der Waals surface area contributed by atoms with E-state index in [1.807, 2.05) is 0 Å². The highest BCUT2D eigenvalue weighted by Crippen LogP contribution is 2.60. The second-order valence-corrected chi connectivity index (χ2v) is 19.6. The quantitative estimate of drug-likeness (QED) is 0.161. The van der Waals surface area contributed by atoms with Gasteiger partial charge in [0.05, 0.1) is 11.1 Å². The molecule has 13 rings (SSSR count). The number of hydrogen-bond donors (Lipinski definition) is 0. The van der Waals surface area contributed by atoms with Crippen molar-refractivity contribution in [1.82, 2.24) is 0 Å². The van der Waals surface area contributed by atoms with Crippen LogP contribution in [0.1, 0.15) is 63.9 Å². The third-order valence-electron chi connectivity index (χ3n) is 15.6. The van der Waals surface area contributed by atoms with Crippen molar-refractivity contribution in [2.24, 2.45) is 0 Å². The minimum absolute atomic E-state index is 0.169. The Hall–Kier alpha value is -8.00. The van der Waals surface area contributed by atoms with Crippen molar-refractivity contribution in [3.05, 3.63) is 281 Å². The average Bonchev–Trinajstić information content (AvgIpc) is 3.74. The van der Waals surface area contributed by atoms with Crippen LogP contribution in [0, 0.1) is 6.92 Å². The van der Waals surface area contributed by atoms with Crippen molar-refractivity contribution < 1.29 is 0 Å². The van der Waals surface area contributed by atoms with Gasteiger partial charge < -0.3 is 4.90 Å². The third-order valence-corrected chi connectivity index (χ3v) is 15.6. The van der Waals surface area contributed by atoms with Crippen molar-refractivity contribution in [2.45, 2.75) is 44.4 Å². The normalized spacial score (nSPS) is 14.2. The van der Waals surface area contributed by atoms with Crippen LogP contribution >= 0.6 is 0 Å². The lowest BCUT2D eigenvalue weighted by molar-refractivity contribution is 0.660. The van der Waals surface area contributed by atoms with E-state index < -0.39 is 5.41 Å². The van der Waals surface area contributed by atoms with E-state index in [1.165, 1.54) is 111 Å². The molecule has 0 heterocycles. The van der Waals surface area contributed by atoms with Gasteiger partial charge in [-0.05, 0) is 156 Å². The number of rotatable bonds is 6.